The number of amides is 1. The van der Waals surface area contributed by atoms with Crippen LogP contribution < -0.4 is 19.5 Å². The van der Waals surface area contributed by atoms with Crippen LogP contribution in [-0.2, 0) is 24.4 Å². The van der Waals surface area contributed by atoms with Gasteiger partial charge < -0.3 is 19.5 Å². The predicted molar refractivity (Wildman–Crippen MR) is 113 cm³/mol. The minimum atomic E-state index is -0.190. The van der Waals surface area contributed by atoms with Gasteiger partial charge in [0.15, 0.2) is 11.5 Å². The third kappa shape index (κ3) is 4.71. The molecule has 0 saturated heterocycles. The number of benzene rings is 2. The third-order valence-corrected chi connectivity index (χ3v) is 5.09. The Balaban J connectivity index is 1.34. The second-order valence-corrected chi connectivity index (χ2v) is 7.17. The Labute approximate surface area is 175 Å². The Kier molecular flexibility index (Phi) is 6.13. The number of hydrogen-bond acceptors (Lipinski definition) is 5. The lowest BCUT2D eigenvalue weighted by molar-refractivity contribution is -0.126. The Morgan fingerprint density at radius 2 is 1.93 bits per heavy atom. The molecule has 30 heavy (non-hydrogen) atoms. The van der Waals surface area contributed by atoms with Gasteiger partial charge in [0.25, 0.3) is 0 Å². The van der Waals surface area contributed by atoms with E-state index in [2.05, 4.69) is 10.3 Å². The first-order chi connectivity index (χ1) is 14.7. The van der Waals surface area contributed by atoms with Gasteiger partial charge in [-0.2, -0.15) is 0 Å². The molecule has 1 amide bonds. The summed E-state index contributed by atoms with van der Waals surface area (Å²) in [6, 6.07) is 17.3. The molecule has 0 bridgehead atoms. The highest BCUT2D eigenvalue weighted by molar-refractivity contribution is 5.79. The van der Waals surface area contributed by atoms with Crippen LogP contribution in [0.25, 0.3) is 0 Å². The first-order valence-corrected chi connectivity index (χ1v) is 9.90. The summed E-state index contributed by atoms with van der Waals surface area (Å²) >= 11 is 0. The van der Waals surface area contributed by atoms with E-state index < -0.39 is 0 Å². The molecule has 0 spiro atoms. The van der Waals surface area contributed by atoms with Crippen molar-refractivity contribution in [1.29, 1.82) is 0 Å². The van der Waals surface area contributed by atoms with Crippen LogP contribution in [0.2, 0.25) is 0 Å². The lowest BCUT2D eigenvalue weighted by Crippen LogP contribution is -2.37. The van der Waals surface area contributed by atoms with Gasteiger partial charge in [0, 0.05) is 18.9 Å². The SMILES string of the molecule is COc1cc(CNC(=O)[C@H]2COc3ccccc3C2)ccc1OCc1ccncc1. The fourth-order valence-electron chi connectivity index (χ4n) is 3.41. The van der Waals surface area contributed by atoms with Gasteiger partial charge in [0.05, 0.1) is 13.0 Å². The molecule has 1 N–H and O–H groups in total. The van der Waals surface area contributed by atoms with Crippen molar-refractivity contribution in [1.82, 2.24) is 10.3 Å². The maximum absolute atomic E-state index is 12.6. The summed E-state index contributed by atoms with van der Waals surface area (Å²) in [6.07, 6.45) is 4.16. The Bertz CT molecular complexity index is 1010. The number of aromatic nitrogens is 1. The van der Waals surface area contributed by atoms with Crippen molar-refractivity contribution >= 4 is 5.91 Å². The van der Waals surface area contributed by atoms with Crippen molar-refractivity contribution < 1.29 is 19.0 Å². The molecule has 1 aliphatic heterocycles. The summed E-state index contributed by atoms with van der Waals surface area (Å²) in [5.41, 5.74) is 3.04. The lowest BCUT2D eigenvalue weighted by atomic mass is 9.96. The van der Waals surface area contributed by atoms with Crippen LogP contribution in [0.4, 0.5) is 0 Å². The first kappa shape index (κ1) is 19.8. The third-order valence-electron chi connectivity index (χ3n) is 5.09. The maximum atomic E-state index is 12.6. The zero-order valence-electron chi connectivity index (χ0n) is 16.8. The number of para-hydroxylation sites is 1. The standard InChI is InChI=1S/C24H24N2O4/c1-28-23-12-18(6-7-22(23)29-15-17-8-10-25-11-9-17)14-26-24(27)20-13-19-4-2-3-5-21(19)30-16-20/h2-12,20H,13-16H2,1H3,(H,26,27)/t20-/m1/s1. The van der Waals surface area contributed by atoms with Crippen molar-refractivity contribution in [2.75, 3.05) is 13.7 Å². The molecule has 0 unspecified atom stereocenters. The minimum absolute atomic E-state index is 0.0125. The highest BCUT2D eigenvalue weighted by atomic mass is 16.5. The Morgan fingerprint density at radius 1 is 1.10 bits per heavy atom. The molecule has 0 radical (unpaired) electrons. The van der Waals surface area contributed by atoms with Gasteiger partial charge in [-0.1, -0.05) is 24.3 Å². The molecule has 6 heteroatoms. The van der Waals surface area contributed by atoms with E-state index in [0.29, 0.717) is 37.7 Å². The number of pyridine rings is 1. The van der Waals surface area contributed by atoms with E-state index in [9.17, 15) is 4.79 Å². The number of hydrogen-bond donors (Lipinski definition) is 1. The van der Waals surface area contributed by atoms with Crippen molar-refractivity contribution in [2.45, 2.75) is 19.6 Å². The summed E-state index contributed by atoms with van der Waals surface area (Å²) < 4.78 is 17.1. The average molecular weight is 404 g/mol. The number of nitrogens with zero attached hydrogens (tertiary/aromatic N) is 1. The molecule has 0 fully saturated rings. The molecule has 0 saturated carbocycles. The number of nitrogens with one attached hydrogen (secondary N) is 1. The van der Waals surface area contributed by atoms with E-state index in [1.54, 1.807) is 19.5 Å². The summed E-state index contributed by atoms with van der Waals surface area (Å²) in [5.74, 6) is 1.95. The van der Waals surface area contributed by atoms with E-state index in [1.165, 1.54) is 0 Å². The van der Waals surface area contributed by atoms with E-state index in [0.717, 1.165) is 22.4 Å². The van der Waals surface area contributed by atoms with Crippen LogP contribution in [0.3, 0.4) is 0 Å². The molecular formula is C24H24N2O4. The largest absolute Gasteiger partial charge is 0.493 e. The summed E-state index contributed by atoms with van der Waals surface area (Å²) in [5, 5.41) is 3.01. The number of carbonyl (C=O) groups excluding carboxylic acids is 1. The van der Waals surface area contributed by atoms with Crippen LogP contribution in [0, 0.1) is 5.92 Å². The summed E-state index contributed by atoms with van der Waals surface area (Å²) in [6.45, 7) is 1.24. The van der Waals surface area contributed by atoms with Crippen LogP contribution in [-0.4, -0.2) is 24.6 Å². The van der Waals surface area contributed by atoms with E-state index in [1.807, 2.05) is 54.6 Å². The van der Waals surface area contributed by atoms with Crippen LogP contribution >= 0.6 is 0 Å². The average Bonchev–Trinajstić information content (AvgIpc) is 2.81. The molecule has 6 nitrogen and oxygen atoms in total. The summed E-state index contributed by atoms with van der Waals surface area (Å²) in [7, 11) is 1.60. The molecular weight excluding hydrogens is 380 g/mol. The molecule has 0 aliphatic carbocycles. The number of rotatable bonds is 7. The Morgan fingerprint density at radius 3 is 2.77 bits per heavy atom. The second-order valence-electron chi connectivity index (χ2n) is 7.17. The normalized spacial score (nSPS) is 14.9. The van der Waals surface area contributed by atoms with Crippen molar-refractivity contribution in [3.8, 4) is 17.2 Å². The van der Waals surface area contributed by atoms with Gasteiger partial charge in [0.2, 0.25) is 5.91 Å². The smallest absolute Gasteiger partial charge is 0.227 e. The van der Waals surface area contributed by atoms with Gasteiger partial charge in [0.1, 0.15) is 19.0 Å². The van der Waals surface area contributed by atoms with Crippen molar-refractivity contribution in [3.05, 3.63) is 83.7 Å². The quantitative estimate of drug-likeness (QED) is 0.652. The molecule has 2 heterocycles. The topological polar surface area (TPSA) is 69.7 Å². The number of fused-ring (bicyclic) bond motifs is 1. The molecule has 1 aliphatic rings. The zero-order chi connectivity index (χ0) is 20.8. The highest BCUT2D eigenvalue weighted by Crippen LogP contribution is 2.29. The predicted octanol–water partition coefficient (Wildman–Crippen LogP) is 3.54. The lowest BCUT2D eigenvalue weighted by Gasteiger charge is -2.24. The fraction of sp³-hybridized carbons (Fsp3) is 0.250. The van der Waals surface area contributed by atoms with Gasteiger partial charge in [-0.3, -0.25) is 9.78 Å². The van der Waals surface area contributed by atoms with Gasteiger partial charge in [-0.05, 0) is 53.4 Å². The number of carbonyl (C=O) groups is 1. The number of ether oxygens (including phenoxy) is 3. The maximum Gasteiger partial charge on any atom is 0.227 e. The molecule has 4 rings (SSSR count). The minimum Gasteiger partial charge on any atom is -0.493 e. The van der Waals surface area contributed by atoms with E-state index in [-0.39, 0.29) is 11.8 Å². The van der Waals surface area contributed by atoms with E-state index >= 15 is 0 Å². The molecule has 1 atom stereocenters. The zero-order valence-corrected chi connectivity index (χ0v) is 16.8. The van der Waals surface area contributed by atoms with E-state index in [4.69, 9.17) is 14.2 Å². The number of methoxy groups -OCH3 is 1. The van der Waals surface area contributed by atoms with Gasteiger partial charge in [-0.15, -0.1) is 0 Å². The summed E-state index contributed by atoms with van der Waals surface area (Å²) in [4.78, 5) is 16.6. The van der Waals surface area contributed by atoms with Crippen molar-refractivity contribution in [3.63, 3.8) is 0 Å². The van der Waals surface area contributed by atoms with Crippen LogP contribution in [0.1, 0.15) is 16.7 Å². The van der Waals surface area contributed by atoms with Crippen molar-refractivity contribution in [2.24, 2.45) is 5.92 Å². The van der Waals surface area contributed by atoms with Gasteiger partial charge >= 0.3 is 0 Å². The monoisotopic (exact) mass is 404 g/mol. The second kappa shape index (κ2) is 9.31. The fourth-order valence-corrected chi connectivity index (χ4v) is 3.41. The van der Waals surface area contributed by atoms with Gasteiger partial charge in [-0.25, -0.2) is 0 Å². The Hall–Kier alpha value is -3.54. The molecule has 3 aromatic rings. The molecule has 1 aromatic heterocycles. The highest BCUT2D eigenvalue weighted by Gasteiger charge is 2.25. The first-order valence-electron chi connectivity index (χ1n) is 9.90. The van der Waals surface area contributed by atoms with Crippen LogP contribution in [0.15, 0.2) is 67.0 Å². The molecule has 2 aromatic carbocycles. The van der Waals surface area contributed by atoms with Crippen LogP contribution in [0.5, 0.6) is 17.2 Å². The molecule has 154 valence electrons.